The minimum absolute atomic E-state index is 0. The monoisotopic (exact) mass is 426 g/mol. The number of carbonyl (C=O) groups is 1. The second-order valence-corrected chi connectivity index (χ2v) is 7.55. The number of piperidine rings is 1. The van der Waals surface area contributed by atoms with Gasteiger partial charge in [0.1, 0.15) is 0 Å². The van der Waals surface area contributed by atoms with Crippen LogP contribution in [0, 0.1) is 0 Å². The number of esters is 1. The summed E-state index contributed by atoms with van der Waals surface area (Å²) in [4.78, 5) is 11.8. The van der Waals surface area contributed by atoms with Gasteiger partial charge in [-0.2, -0.15) is 0 Å². The van der Waals surface area contributed by atoms with Crippen molar-refractivity contribution in [3.8, 4) is 0 Å². The largest absolute Gasteiger partial charge is 0.462 e. The molecule has 130 valence electrons. The van der Waals surface area contributed by atoms with Crippen LogP contribution in [0.2, 0.25) is 0 Å². The highest BCUT2D eigenvalue weighted by atomic mass is 79.9. The molecule has 1 aliphatic rings. The van der Waals surface area contributed by atoms with Crippen LogP contribution in [0.5, 0.6) is 0 Å². The van der Waals surface area contributed by atoms with Crippen LogP contribution in [0.25, 0.3) is 0 Å². The number of sulfonamides is 1. The predicted octanol–water partition coefficient (Wildman–Crippen LogP) is 2.08. The summed E-state index contributed by atoms with van der Waals surface area (Å²) in [5.74, 6) is -0.474. The standard InChI is InChI=1S/C14H19BrN2O4S.ClH/c1-2-21-14(18)10-3-4-13(12(15)9-10)22(19,20)17-11-5-7-16-8-6-11;/h3-4,9,11,16-17H,2,5-8H2,1H3;1H. The third-order valence-electron chi connectivity index (χ3n) is 3.39. The Labute approximate surface area is 151 Å². The van der Waals surface area contributed by atoms with E-state index in [0.717, 1.165) is 25.9 Å². The van der Waals surface area contributed by atoms with Crippen molar-refractivity contribution in [2.75, 3.05) is 19.7 Å². The average Bonchev–Trinajstić information content (AvgIpc) is 2.47. The Morgan fingerprint density at radius 1 is 1.39 bits per heavy atom. The number of hydrogen-bond acceptors (Lipinski definition) is 5. The SMILES string of the molecule is CCOC(=O)c1ccc(S(=O)(=O)NC2CCNCC2)c(Br)c1.Cl. The molecular formula is C14H20BrClN2O4S. The molecule has 9 heteroatoms. The molecule has 1 aliphatic heterocycles. The molecule has 0 spiro atoms. The van der Waals surface area contributed by atoms with E-state index in [-0.39, 0.29) is 30.0 Å². The third-order valence-corrected chi connectivity index (χ3v) is 5.89. The summed E-state index contributed by atoms with van der Waals surface area (Å²) >= 11 is 3.23. The topological polar surface area (TPSA) is 84.5 Å². The lowest BCUT2D eigenvalue weighted by Gasteiger charge is -2.23. The van der Waals surface area contributed by atoms with Gasteiger partial charge in [0.2, 0.25) is 10.0 Å². The first-order valence-electron chi connectivity index (χ1n) is 7.13. The second-order valence-electron chi connectivity index (χ2n) is 5.01. The van der Waals surface area contributed by atoms with Crippen molar-refractivity contribution in [2.24, 2.45) is 0 Å². The number of halogens is 2. The average molecular weight is 428 g/mol. The Hall–Kier alpha value is -0.670. The minimum atomic E-state index is -3.62. The zero-order valence-electron chi connectivity index (χ0n) is 12.7. The van der Waals surface area contributed by atoms with E-state index in [1.54, 1.807) is 6.92 Å². The highest BCUT2D eigenvalue weighted by Gasteiger charge is 2.24. The van der Waals surface area contributed by atoms with E-state index >= 15 is 0 Å². The fourth-order valence-electron chi connectivity index (χ4n) is 2.28. The molecule has 1 heterocycles. The van der Waals surface area contributed by atoms with Crippen LogP contribution in [-0.2, 0) is 14.8 Å². The van der Waals surface area contributed by atoms with Crippen molar-refractivity contribution < 1.29 is 17.9 Å². The van der Waals surface area contributed by atoms with Gasteiger partial charge in [0.15, 0.2) is 0 Å². The molecule has 2 rings (SSSR count). The van der Waals surface area contributed by atoms with Crippen molar-refractivity contribution >= 4 is 44.3 Å². The molecule has 0 unspecified atom stereocenters. The fraction of sp³-hybridized carbons (Fsp3) is 0.500. The van der Waals surface area contributed by atoms with Gasteiger partial charge >= 0.3 is 5.97 Å². The van der Waals surface area contributed by atoms with E-state index in [9.17, 15) is 13.2 Å². The summed E-state index contributed by atoms with van der Waals surface area (Å²) in [6.45, 7) is 3.59. The first kappa shape index (κ1) is 20.4. The lowest BCUT2D eigenvalue weighted by Crippen LogP contribution is -2.42. The molecule has 2 N–H and O–H groups in total. The molecule has 0 radical (unpaired) electrons. The van der Waals surface area contributed by atoms with Crippen LogP contribution in [0.3, 0.4) is 0 Å². The quantitative estimate of drug-likeness (QED) is 0.703. The highest BCUT2D eigenvalue weighted by Crippen LogP contribution is 2.24. The second kappa shape index (κ2) is 8.98. The summed E-state index contributed by atoms with van der Waals surface area (Å²) in [7, 11) is -3.62. The van der Waals surface area contributed by atoms with Gasteiger partial charge in [0.25, 0.3) is 0 Å². The Morgan fingerprint density at radius 2 is 2.04 bits per heavy atom. The van der Waals surface area contributed by atoms with Gasteiger partial charge in [-0.3, -0.25) is 0 Å². The number of carbonyl (C=O) groups excluding carboxylic acids is 1. The lowest BCUT2D eigenvalue weighted by molar-refractivity contribution is 0.0526. The molecule has 0 bridgehead atoms. The molecule has 1 saturated heterocycles. The lowest BCUT2D eigenvalue weighted by atomic mass is 10.1. The van der Waals surface area contributed by atoms with E-state index in [1.807, 2.05) is 0 Å². The summed E-state index contributed by atoms with van der Waals surface area (Å²) in [6.07, 6.45) is 1.52. The van der Waals surface area contributed by atoms with Crippen molar-refractivity contribution in [2.45, 2.75) is 30.7 Å². The highest BCUT2D eigenvalue weighted by molar-refractivity contribution is 9.10. The summed E-state index contributed by atoms with van der Waals surface area (Å²) < 4.78 is 32.9. The first-order valence-corrected chi connectivity index (χ1v) is 9.41. The van der Waals surface area contributed by atoms with Crippen LogP contribution < -0.4 is 10.0 Å². The molecule has 1 fully saturated rings. The molecule has 0 saturated carbocycles. The van der Waals surface area contributed by atoms with Gasteiger partial charge in [-0.15, -0.1) is 12.4 Å². The van der Waals surface area contributed by atoms with E-state index in [4.69, 9.17) is 4.74 Å². The molecule has 0 amide bonds. The van der Waals surface area contributed by atoms with Gasteiger partial charge in [0, 0.05) is 10.5 Å². The molecule has 0 aliphatic carbocycles. The Kier molecular flexibility index (Phi) is 7.96. The van der Waals surface area contributed by atoms with Gasteiger partial charge in [0.05, 0.1) is 17.1 Å². The van der Waals surface area contributed by atoms with Crippen molar-refractivity contribution in [1.82, 2.24) is 10.0 Å². The Bertz CT molecular complexity index is 648. The van der Waals surface area contributed by atoms with E-state index in [0.29, 0.717) is 10.0 Å². The van der Waals surface area contributed by atoms with Crippen molar-refractivity contribution in [1.29, 1.82) is 0 Å². The maximum Gasteiger partial charge on any atom is 0.338 e. The number of benzene rings is 1. The first-order chi connectivity index (χ1) is 10.4. The van der Waals surface area contributed by atoms with Gasteiger partial charge in [-0.25, -0.2) is 17.9 Å². The van der Waals surface area contributed by atoms with Crippen LogP contribution in [0.4, 0.5) is 0 Å². The predicted molar refractivity (Wildman–Crippen MR) is 93.6 cm³/mol. The number of nitrogens with one attached hydrogen (secondary N) is 2. The smallest absolute Gasteiger partial charge is 0.338 e. The fourth-order valence-corrected chi connectivity index (χ4v) is 4.67. The molecule has 23 heavy (non-hydrogen) atoms. The van der Waals surface area contributed by atoms with Gasteiger partial charge in [-0.1, -0.05) is 0 Å². The van der Waals surface area contributed by atoms with Crippen molar-refractivity contribution in [3.05, 3.63) is 28.2 Å². The number of rotatable bonds is 5. The Balaban J connectivity index is 0.00000264. The van der Waals surface area contributed by atoms with Crippen LogP contribution in [0.1, 0.15) is 30.1 Å². The van der Waals surface area contributed by atoms with E-state index < -0.39 is 16.0 Å². The summed E-state index contributed by atoms with van der Waals surface area (Å²) in [5.41, 5.74) is 0.314. The van der Waals surface area contributed by atoms with Crippen LogP contribution >= 0.6 is 28.3 Å². The normalized spacial score (nSPS) is 15.7. The number of ether oxygens (including phenoxy) is 1. The summed E-state index contributed by atoms with van der Waals surface area (Å²) in [5, 5.41) is 3.19. The summed E-state index contributed by atoms with van der Waals surface area (Å²) in [6, 6.07) is 4.27. The third kappa shape index (κ3) is 5.42. The number of hydrogen-bond donors (Lipinski definition) is 2. The zero-order valence-corrected chi connectivity index (χ0v) is 15.9. The van der Waals surface area contributed by atoms with E-state index in [2.05, 4.69) is 26.0 Å². The maximum atomic E-state index is 12.5. The van der Waals surface area contributed by atoms with Gasteiger partial charge in [-0.05, 0) is 67.0 Å². The minimum Gasteiger partial charge on any atom is -0.462 e. The van der Waals surface area contributed by atoms with Crippen LogP contribution in [0.15, 0.2) is 27.6 Å². The Morgan fingerprint density at radius 3 is 2.61 bits per heavy atom. The van der Waals surface area contributed by atoms with E-state index in [1.165, 1.54) is 18.2 Å². The van der Waals surface area contributed by atoms with Gasteiger partial charge < -0.3 is 10.1 Å². The molecule has 6 nitrogen and oxygen atoms in total. The molecular weight excluding hydrogens is 408 g/mol. The zero-order chi connectivity index (χ0) is 16.2. The molecule has 1 aromatic carbocycles. The molecule has 1 aromatic rings. The molecule has 0 atom stereocenters. The van der Waals surface area contributed by atoms with Crippen LogP contribution in [-0.4, -0.2) is 40.1 Å². The molecule has 0 aromatic heterocycles. The van der Waals surface area contributed by atoms with Crippen molar-refractivity contribution in [3.63, 3.8) is 0 Å². The maximum absolute atomic E-state index is 12.5.